The second kappa shape index (κ2) is 7.16. The second-order valence-electron chi connectivity index (χ2n) is 5.63. The van der Waals surface area contributed by atoms with E-state index in [1.807, 2.05) is 31.2 Å². The van der Waals surface area contributed by atoms with Gasteiger partial charge in [-0.05, 0) is 42.8 Å². The second-order valence-corrected chi connectivity index (χ2v) is 6.64. The van der Waals surface area contributed by atoms with E-state index in [2.05, 4.69) is 15.1 Å². The first-order valence-corrected chi connectivity index (χ1v) is 9.13. The van der Waals surface area contributed by atoms with Crippen LogP contribution < -0.4 is 19.6 Å². The van der Waals surface area contributed by atoms with Crippen LogP contribution in [0.2, 0.25) is 0 Å². The lowest BCUT2D eigenvalue weighted by Crippen LogP contribution is -2.23. The van der Waals surface area contributed by atoms with Crippen molar-refractivity contribution >= 4 is 22.4 Å². The largest absolute Gasteiger partial charge is 0.493 e. The average Bonchev–Trinajstić information content (AvgIpc) is 3.24. The van der Waals surface area contributed by atoms with Crippen molar-refractivity contribution in [1.29, 1.82) is 0 Å². The maximum atomic E-state index is 12.7. The van der Waals surface area contributed by atoms with Gasteiger partial charge in [0.15, 0.2) is 17.3 Å². The van der Waals surface area contributed by atoms with Gasteiger partial charge < -0.3 is 9.47 Å². The molecule has 0 fully saturated rings. The lowest BCUT2D eigenvalue weighted by atomic mass is 10.2. The van der Waals surface area contributed by atoms with E-state index in [4.69, 9.17) is 9.47 Å². The van der Waals surface area contributed by atoms with Gasteiger partial charge in [-0.25, -0.2) is 0 Å². The van der Waals surface area contributed by atoms with Gasteiger partial charge in [-0.3, -0.25) is 9.78 Å². The van der Waals surface area contributed by atoms with E-state index in [1.165, 1.54) is 15.9 Å². The number of fused-ring (bicyclic) bond motifs is 1. The minimum atomic E-state index is -0.203. The zero-order valence-corrected chi connectivity index (χ0v) is 15.6. The SMILES string of the molecule is CCOc1ccc(/C=c2/sc3nc(-c4cccnc4)nn3c2=O)cc1OC. The smallest absolute Gasteiger partial charge is 0.291 e. The summed E-state index contributed by atoms with van der Waals surface area (Å²) >= 11 is 1.29. The highest BCUT2D eigenvalue weighted by atomic mass is 32.1. The number of hydrogen-bond acceptors (Lipinski definition) is 7. The van der Waals surface area contributed by atoms with E-state index in [9.17, 15) is 4.79 Å². The molecule has 0 unspecified atom stereocenters. The minimum Gasteiger partial charge on any atom is -0.493 e. The summed E-state index contributed by atoms with van der Waals surface area (Å²) in [5.74, 6) is 1.78. The van der Waals surface area contributed by atoms with E-state index < -0.39 is 0 Å². The number of thiazole rings is 1. The van der Waals surface area contributed by atoms with E-state index >= 15 is 0 Å². The molecule has 0 amide bonds. The van der Waals surface area contributed by atoms with Crippen LogP contribution in [-0.4, -0.2) is 33.3 Å². The Labute approximate surface area is 158 Å². The Bertz CT molecular complexity index is 1200. The maximum absolute atomic E-state index is 12.7. The Kier molecular flexibility index (Phi) is 4.55. The molecule has 4 rings (SSSR count). The Hall–Kier alpha value is -3.26. The van der Waals surface area contributed by atoms with Crippen molar-refractivity contribution in [2.24, 2.45) is 0 Å². The van der Waals surface area contributed by atoms with Crippen LogP contribution >= 0.6 is 11.3 Å². The summed E-state index contributed by atoms with van der Waals surface area (Å²) < 4.78 is 12.8. The predicted molar refractivity (Wildman–Crippen MR) is 103 cm³/mol. The van der Waals surface area contributed by atoms with Crippen LogP contribution in [-0.2, 0) is 0 Å². The van der Waals surface area contributed by atoms with Crippen molar-refractivity contribution in [3.8, 4) is 22.9 Å². The molecule has 0 bridgehead atoms. The number of benzene rings is 1. The first-order chi connectivity index (χ1) is 13.2. The molecule has 7 nitrogen and oxygen atoms in total. The molecular formula is C19H16N4O3S. The number of pyridine rings is 1. The molecule has 136 valence electrons. The van der Waals surface area contributed by atoms with Crippen molar-refractivity contribution in [1.82, 2.24) is 19.6 Å². The molecule has 4 aromatic rings. The Balaban J connectivity index is 1.75. The molecule has 3 heterocycles. The van der Waals surface area contributed by atoms with Crippen LogP contribution in [0, 0.1) is 0 Å². The highest BCUT2D eigenvalue weighted by Gasteiger charge is 2.12. The van der Waals surface area contributed by atoms with Crippen LogP contribution in [0.1, 0.15) is 12.5 Å². The van der Waals surface area contributed by atoms with Crippen LogP contribution in [0.4, 0.5) is 0 Å². The molecule has 8 heteroatoms. The molecule has 0 saturated carbocycles. The molecule has 27 heavy (non-hydrogen) atoms. The molecule has 0 saturated heterocycles. The normalized spacial score (nSPS) is 11.9. The summed E-state index contributed by atoms with van der Waals surface area (Å²) in [4.78, 5) is 21.7. The number of nitrogens with zero attached hydrogens (tertiary/aromatic N) is 4. The van der Waals surface area contributed by atoms with Gasteiger partial charge in [-0.2, -0.15) is 9.50 Å². The van der Waals surface area contributed by atoms with Gasteiger partial charge in [0, 0.05) is 18.0 Å². The van der Waals surface area contributed by atoms with Gasteiger partial charge >= 0.3 is 0 Å². The molecule has 0 N–H and O–H groups in total. The quantitative estimate of drug-likeness (QED) is 0.528. The van der Waals surface area contributed by atoms with E-state index in [-0.39, 0.29) is 5.56 Å². The monoisotopic (exact) mass is 380 g/mol. The molecule has 0 aliphatic carbocycles. The van der Waals surface area contributed by atoms with Gasteiger partial charge in [0.25, 0.3) is 5.56 Å². The Morgan fingerprint density at radius 3 is 2.85 bits per heavy atom. The third-order valence-electron chi connectivity index (χ3n) is 3.89. The predicted octanol–water partition coefficient (Wildman–Crippen LogP) is 2.17. The molecule has 1 aromatic carbocycles. The summed E-state index contributed by atoms with van der Waals surface area (Å²) in [6, 6.07) is 9.21. The fourth-order valence-corrected chi connectivity index (χ4v) is 3.56. The van der Waals surface area contributed by atoms with Crippen LogP contribution in [0.3, 0.4) is 0 Å². The van der Waals surface area contributed by atoms with Crippen LogP contribution in [0.25, 0.3) is 22.4 Å². The van der Waals surface area contributed by atoms with Gasteiger partial charge in [-0.1, -0.05) is 17.4 Å². The lowest BCUT2D eigenvalue weighted by molar-refractivity contribution is 0.311. The van der Waals surface area contributed by atoms with Crippen LogP contribution in [0.15, 0.2) is 47.5 Å². The zero-order chi connectivity index (χ0) is 18.8. The first-order valence-electron chi connectivity index (χ1n) is 8.32. The van der Waals surface area contributed by atoms with Crippen LogP contribution in [0.5, 0.6) is 11.5 Å². The number of methoxy groups -OCH3 is 1. The van der Waals surface area contributed by atoms with Crippen molar-refractivity contribution < 1.29 is 9.47 Å². The summed E-state index contributed by atoms with van der Waals surface area (Å²) in [5, 5.41) is 4.32. The standard InChI is InChI=1S/C19H16N4O3S/c1-3-26-14-7-6-12(9-15(14)25-2)10-16-18(24)23-19(27-16)21-17(22-23)13-5-4-8-20-11-13/h4-11H,3H2,1-2H3/b16-10+. The number of ether oxygens (including phenoxy) is 2. The van der Waals surface area contributed by atoms with Gasteiger partial charge in [0.1, 0.15) is 0 Å². The third kappa shape index (κ3) is 3.26. The summed E-state index contributed by atoms with van der Waals surface area (Å²) in [7, 11) is 1.59. The summed E-state index contributed by atoms with van der Waals surface area (Å²) in [6.45, 7) is 2.47. The Morgan fingerprint density at radius 2 is 2.15 bits per heavy atom. The van der Waals surface area contributed by atoms with E-state index in [1.54, 1.807) is 31.6 Å². The minimum absolute atomic E-state index is 0.203. The lowest BCUT2D eigenvalue weighted by Gasteiger charge is -2.09. The topological polar surface area (TPSA) is 78.6 Å². The fraction of sp³-hybridized carbons (Fsp3) is 0.158. The van der Waals surface area contributed by atoms with Gasteiger partial charge in [0.05, 0.1) is 18.2 Å². The van der Waals surface area contributed by atoms with Gasteiger partial charge in [0.2, 0.25) is 4.96 Å². The molecule has 3 aromatic heterocycles. The average molecular weight is 380 g/mol. The van der Waals surface area contributed by atoms with Crippen molar-refractivity contribution in [3.63, 3.8) is 0 Å². The molecule has 0 radical (unpaired) electrons. The first kappa shape index (κ1) is 17.2. The molecule has 0 aliphatic rings. The van der Waals surface area contributed by atoms with E-state index in [0.717, 1.165) is 11.1 Å². The number of rotatable bonds is 5. The maximum Gasteiger partial charge on any atom is 0.291 e. The summed E-state index contributed by atoms with van der Waals surface area (Å²) in [6.07, 6.45) is 5.15. The fourth-order valence-electron chi connectivity index (χ4n) is 2.65. The van der Waals surface area contributed by atoms with Gasteiger partial charge in [-0.15, -0.1) is 5.10 Å². The van der Waals surface area contributed by atoms with Crippen molar-refractivity contribution in [2.45, 2.75) is 6.92 Å². The molecular weight excluding hydrogens is 364 g/mol. The third-order valence-corrected chi connectivity index (χ3v) is 4.85. The summed E-state index contributed by atoms with van der Waals surface area (Å²) in [5.41, 5.74) is 1.41. The number of hydrogen-bond donors (Lipinski definition) is 0. The van der Waals surface area contributed by atoms with Crippen molar-refractivity contribution in [2.75, 3.05) is 13.7 Å². The zero-order valence-electron chi connectivity index (χ0n) is 14.7. The highest BCUT2D eigenvalue weighted by Crippen LogP contribution is 2.28. The Morgan fingerprint density at radius 1 is 1.26 bits per heavy atom. The number of aromatic nitrogens is 4. The highest BCUT2D eigenvalue weighted by molar-refractivity contribution is 7.15. The van der Waals surface area contributed by atoms with E-state index in [0.29, 0.717) is 33.4 Å². The molecule has 0 spiro atoms. The molecule has 0 atom stereocenters. The van der Waals surface area contributed by atoms with Crippen molar-refractivity contribution in [3.05, 3.63) is 63.2 Å². The molecule has 0 aliphatic heterocycles.